The van der Waals surface area contributed by atoms with Crippen molar-refractivity contribution in [2.24, 2.45) is 0 Å². The second kappa shape index (κ2) is 12.9. The monoisotopic (exact) mass is 555 g/mol. The van der Waals surface area contributed by atoms with Crippen molar-refractivity contribution in [1.29, 1.82) is 0 Å². The number of halogens is 1. The van der Waals surface area contributed by atoms with Crippen molar-refractivity contribution in [3.63, 3.8) is 0 Å². The molecule has 0 saturated carbocycles. The second-order valence-corrected chi connectivity index (χ2v) is 11.2. The molecule has 0 bridgehead atoms. The van der Waals surface area contributed by atoms with Crippen LogP contribution in [0.2, 0.25) is 5.02 Å². The Morgan fingerprint density at radius 2 is 1.53 bits per heavy atom. The van der Waals surface area contributed by atoms with Gasteiger partial charge in [0, 0.05) is 18.6 Å². The van der Waals surface area contributed by atoms with Gasteiger partial charge in [0.2, 0.25) is 11.8 Å². The van der Waals surface area contributed by atoms with Crippen molar-refractivity contribution in [3.05, 3.63) is 94.5 Å². The van der Waals surface area contributed by atoms with E-state index >= 15 is 0 Å². The standard InChI is InChI=1S/C29H34ClN3O4S/c1-5-22-11-8-10-14-27(22)33(38(36,37)24-17-15-21(3)16-18-24)20-28(34)32(26(6-2)29(35)31-4)19-23-12-7-9-13-25(23)30/h7-18,26H,5-6,19-20H2,1-4H3,(H,31,35)/t26-/m1/s1. The van der Waals surface area contributed by atoms with Crippen LogP contribution in [-0.2, 0) is 32.6 Å². The van der Waals surface area contributed by atoms with Crippen LogP contribution in [0.25, 0.3) is 0 Å². The Balaban J connectivity index is 2.11. The van der Waals surface area contributed by atoms with Crippen molar-refractivity contribution in [2.45, 2.75) is 51.1 Å². The minimum absolute atomic E-state index is 0.0538. The van der Waals surface area contributed by atoms with Crippen LogP contribution < -0.4 is 9.62 Å². The number of nitrogens with zero attached hydrogens (tertiary/aromatic N) is 2. The third-order valence-corrected chi connectivity index (χ3v) is 8.60. The van der Waals surface area contributed by atoms with Gasteiger partial charge in [0.15, 0.2) is 0 Å². The van der Waals surface area contributed by atoms with Gasteiger partial charge in [-0.3, -0.25) is 13.9 Å². The van der Waals surface area contributed by atoms with Crippen molar-refractivity contribution in [3.8, 4) is 0 Å². The van der Waals surface area contributed by atoms with Crippen LogP contribution in [0, 0.1) is 6.92 Å². The third-order valence-electron chi connectivity index (χ3n) is 6.46. The molecule has 3 aromatic rings. The smallest absolute Gasteiger partial charge is 0.264 e. The predicted octanol–water partition coefficient (Wildman–Crippen LogP) is 4.96. The van der Waals surface area contributed by atoms with E-state index in [4.69, 9.17) is 11.6 Å². The molecule has 1 N–H and O–H groups in total. The Morgan fingerprint density at radius 1 is 0.921 bits per heavy atom. The predicted molar refractivity (Wildman–Crippen MR) is 152 cm³/mol. The van der Waals surface area contributed by atoms with Gasteiger partial charge in [-0.2, -0.15) is 0 Å². The lowest BCUT2D eigenvalue weighted by Crippen LogP contribution is -2.51. The molecule has 0 fully saturated rings. The molecule has 0 spiro atoms. The summed E-state index contributed by atoms with van der Waals surface area (Å²) >= 11 is 6.40. The Bertz CT molecular complexity index is 1380. The summed E-state index contributed by atoms with van der Waals surface area (Å²) in [6.07, 6.45) is 0.912. The molecule has 0 aliphatic rings. The molecular formula is C29H34ClN3O4S. The largest absolute Gasteiger partial charge is 0.357 e. The first kappa shape index (κ1) is 29.2. The first-order valence-electron chi connectivity index (χ1n) is 12.6. The van der Waals surface area contributed by atoms with E-state index in [1.165, 1.54) is 24.1 Å². The number of carbonyl (C=O) groups excluding carboxylic acids is 2. The van der Waals surface area contributed by atoms with E-state index in [-0.39, 0.29) is 17.3 Å². The summed E-state index contributed by atoms with van der Waals surface area (Å²) in [5.74, 6) is -0.850. The van der Waals surface area contributed by atoms with Gasteiger partial charge < -0.3 is 10.2 Å². The van der Waals surface area contributed by atoms with Crippen molar-refractivity contribution < 1.29 is 18.0 Å². The zero-order valence-electron chi connectivity index (χ0n) is 22.1. The van der Waals surface area contributed by atoms with Crippen molar-refractivity contribution in [2.75, 3.05) is 17.9 Å². The van der Waals surface area contributed by atoms with Gasteiger partial charge in [0.25, 0.3) is 10.0 Å². The van der Waals surface area contributed by atoms with E-state index in [1.807, 2.05) is 26.0 Å². The summed E-state index contributed by atoms with van der Waals surface area (Å²) in [7, 11) is -2.60. The summed E-state index contributed by atoms with van der Waals surface area (Å²) in [5, 5.41) is 3.07. The van der Waals surface area contributed by atoms with E-state index in [9.17, 15) is 18.0 Å². The number of para-hydroxylation sites is 1. The molecule has 0 aliphatic carbocycles. The molecule has 2 amide bonds. The third kappa shape index (κ3) is 6.55. The zero-order valence-corrected chi connectivity index (χ0v) is 23.7. The number of hydrogen-bond acceptors (Lipinski definition) is 4. The number of nitrogens with one attached hydrogen (secondary N) is 1. The van der Waals surface area contributed by atoms with E-state index in [1.54, 1.807) is 55.5 Å². The molecule has 0 aromatic heterocycles. The number of amides is 2. The zero-order chi connectivity index (χ0) is 27.9. The molecule has 0 saturated heterocycles. The van der Waals surface area contributed by atoms with Gasteiger partial charge in [0.05, 0.1) is 10.6 Å². The van der Waals surface area contributed by atoms with Crippen LogP contribution in [-0.4, -0.2) is 44.8 Å². The lowest BCUT2D eigenvalue weighted by atomic mass is 10.1. The SMILES string of the molecule is CCc1ccccc1N(CC(=O)N(Cc1ccccc1Cl)[C@H](CC)C(=O)NC)S(=O)(=O)c1ccc(C)cc1. The molecule has 38 heavy (non-hydrogen) atoms. The average Bonchev–Trinajstić information content (AvgIpc) is 2.92. The maximum atomic E-state index is 14.0. The molecule has 0 aliphatic heterocycles. The molecular weight excluding hydrogens is 522 g/mol. The highest BCUT2D eigenvalue weighted by Crippen LogP contribution is 2.29. The molecule has 3 rings (SSSR count). The lowest BCUT2D eigenvalue weighted by molar-refractivity contribution is -0.140. The van der Waals surface area contributed by atoms with Gasteiger partial charge >= 0.3 is 0 Å². The van der Waals surface area contributed by atoms with Gasteiger partial charge in [-0.25, -0.2) is 8.42 Å². The van der Waals surface area contributed by atoms with Crippen LogP contribution in [0.15, 0.2) is 77.7 Å². The first-order chi connectivity index (χ1) is 18.1. The number of hydrogen-bond donors (Lipinski definition) is 1. The average molecular weight is 556 g/mol. The van der Waals surface area contributed by atoms with Crippen LogP contribution >= 0.6 is 11.6 Å². The Hall–Kier alpha value is -3.36. The Morgan fingerprint density at radius 3 is 2.11 bits per heavy atom. The van der Waals surface area contributed by atoms with E-state index in [0.29, 0.717) is 29.1 Å². The summed E-state index contributed by atoms with van der Waals surface area (Å²) in [5.41, 5.74) is 2.79. The number of rotatable bonds is 11. The van der Waals surface area contributed by atoms with E-state index in [0.717, 1.165) is 15.4 Å². The fourth-order valence-corrected chi connectivity index (χ4v) is 5.95. The molecule has 7 nitrogen and oxygen atoms in total. The number of likely N-dealkylation sites (N-methyl/N-ethyl adjacent to an activating group) is 1. The van der Waals surface area contributed by atoms with Crippen LogP contribution in [0.3, 0.4) is 0 Å². The minimum atomic E-state index is -4.11. The van der Waals surface area contributed by atoms with Crippen LogP contribution in [0.4, 0.5) is 5.69 Å². The van der Waals surface area contributed by atoms with Gasteiger partial charge in [-0.05, 0) is 55.2 Å². The summed E-state index contributed by atoms with van der Waals surface area (Å²) < 4.78 is 29.1. The van der Waals surface area contributed by atoms with E-state index in [2.05, 4.69) is 5.32 Å². The highest BCUT2D eigenvalue weighted by atomic mass is 35.5. The van der Waals surface area contributed by atoms with Crippen molar-refractivity contribution >= 4 is 39.1 Å². The van der Waals surface area contributed by atoms with E-state index < -0.39 is 28.5 Å². The number of benzene rings is 3. The van der Waals surface area contributed by atoms with Crippen LogP contribution in [0.5, 0.6) is 0 Å². The highest BCUT2D eigenvalue weighted by Gasteiger charge is 2.34. The molecule has 9 heteroatoms. The minimum Gasteiger partial charge on any atom is -0.357 e. The quantitative estimate of drug-likeness (QED) is 0.362. The van der Waals surface area contributed by atoms with Crippen LogP contribution in [0.1, 0.15) is 37.0 Å². The van der Waals surface area contributed by atoms with Gasteiger partial charge in [0.1, 0.15) is 12.6 Å². The summed E-state index contributed by atoms with van der Waals surface area (Å²) in [4.78, 5) is 28.3. The molecule has 0 radical (unpaired) electrons. The Kier molecular flexibility index (Phi) is 9.94. The fourth-order valence-electron chi connectivity index (χ4n) is 4.30. The number of anilines is 1. The number of sulfonamides is 1. The first-order valence-corrected chi connectivity index (χ1v) is 14.4. The van der Waals surface area contributed by atoms with Crippen molar-refractivity contribution in [1.82, 2.24) is 10.2 Å². The maximum Gasteiger partial charge on any atom is 0.264 e. The summed E-state index contributed by atoms with van der Waals surface area (Å²) in [6, 6.07) is 19.9. The second-order valence-electron chi connectivity index (χ2n) is 8.96. The molecule has 0 unspecified atom stereocenters. The highest BCUT2D eigenvalue weighted by molar-refractivity contribution is 7.92. The topological polar surface area (TPSA) is 86.8 Å². The number of aryl methyl sites for hydroxylation is 2. The molecule has 0 heterocycles. The summed E-state index contributed by atoms with van der Waals surface area (Å²) in [6.45, 7) is 5.18. The lowest BCUT2D eigenvalue weighted by Gasteiger charge is -2.33. The Labute approximate surface area is 230 Å². The molecule has 202 valence electrons. The molecule has 1 atom stereocenters. The fraction of sp³-hybridized carbons (Fsp3) is 0.310. The normalized spacial score (nSPS) is 12.0. The number of carbonyl (C=O) groups is 2. The maximum absolute atomic E-state index is 14.0. The van der Waals surface area contributed by atoms with Gasteiger partial charge in [-0.1, -0.05) is 79.5 Å². The molecule has 3 aromatic carbocycles. The van der Waals surface area contributed by atoms with Gasteiger partial charge in [-0.15, -0.1) is 0 Å².